The van der Waals surface area contributed by atoms with Gasteiger partial charge in [-0.25, -0.2) is 4.99 Å². The molecule has 0 fully saturated rings. The maximum atomic E-state index is 6.64. The third-order valence-electron chi connectivity index (χ3n) is 5.27. The molecular weight excluding hydrogens is 376 g/mol. The molecule has 4 N–H and O–H groups in total. The van der Waals surface area contributed by atoms with Gasteiger partial charge < -0.3 is 15.4 Å². The fourth-order valence-electron chi connectivity index (χ4n) is 3.59. The van der Waals surface area contributed by atoms with Crippen molar-refractivity contribution in [2.24, 2.45) is 15.7 Å². The van der Waals surface area contributed by atoms with Crippen molar-refractivity contribution in [3.05, 3.63) is 66.0 Å². The summed E-state index contributed by atoms with van der Waals surface area (Å²) in [6, 6.07) is 16.1. The average Bonchev–Trinajstić information content (AvgIpc) is 3.31. The first-order chi connectivity index (χ1) is 14.7. The van der Waals surface area contributed by atoms with E-state index in [2.05, 4.69) is 43.7 Å². The van der Waals surface area contributed by atoms with Gasteiger partial charge in [0.1, 0.15) is 11.6 Å². The summed E-state index contributed by atoms with van der Waals surface area (Å²) >= 11 is 0. The number of nitrogens with one attached hydrogen (secondary N) is 2. The molecular formula is C23H28N6O. The number of benzene rings is 2. The topological polar surface area (TPSA) is 87.3 Å². The number of nitrogens with two attached hydrogens (primary N) is 1. The van der Waals surface area contributed by atoms with Gasteiger partial charge in [-0.3, -0.25) is 15.6 Å². The van der Waals surface area contributed by atoms with Crippen LogP contribution in [0.1, 0.15) is 12.0 Å². The molecule has 0 aromatic heterocycles. The maximum Gasteiger partial charge on any atom is 0.210 e. The van der Waals surface area contributed by atoms with Crippen LogP contribution in [0.25, 0.3) is 11.1 Å². The summed E-state index contributed by atoms with van der Waals surface area (Å²) in [6.07, 6.45) is 6.67. The number of nitrogens with zero attached hydrogens (tertiary/aromatic N) is 3. The molecule has 156 valence electrons. The predicted molar refractivity (Wildman–Crippen MR) is 122 cm³/mol. The van der Waals surface area contributed by atoms with Crippen molar-refractivity contribution in [1.29, 1.82) is 0 Å². The van der Waals surface area contributed by atoms with Gasteiger partial charge in [0.25, 0.3) is 0 Å². The minimum absolute atomic E-state index is 0.809. The molecule has 7 heteroatoms. The van der Waals surface area contributed by atoms with Gasteiger partial charge in [0.05, 0.1) is 13.8 Å². The standard InChI is InChI=1S/C23H28N6O/c1-30-21-8-3-6-19(16-21)18-5-2-7-20(15-18)23(24)27-11-9-22(28-23)26-10-4-13-29-14-12-25-17-29/h2-3,5-9,11-12,15-16,26,28H,4,10,13-14,17,24H2,1H3. The molecule has 1 atom stereocenters. The zero-order chi connectivity index (χ0) is 20.8. The summed E-state index contributed by atoms with van der Waals surface area (Å²) in [5.74, 6) is 0.676. The second-order valence-electron chi connectivity index (χ2n) is 7.43. The Morgan fingerprint density at radius 2 is 2.03 bits per heavy atom. The minimum atomic E-state index is -1.02. The van der Waals surface area contributed by atoms with E-state index in [1.165, 1.54) is 0 Å². The Bertz CT molecular complexity index is 962. The second-order valence-corrected chi connectivity index (χ2v) is 7.43. The van der Waals surface area contributed by atoms with Gasteiger partial charge in [0, 0.05) is 37.6 Å². The first-order valence-corrected chi connectivity index (χ1v) is 10.2. The Morgan fingerprint density at radius 3 is 2.83 bits per heavy atom. The second kappa shape index (κ2) is 9.11. The quantitative estimate of drug-likeness (QED) is 0.588. The summed E-state index contributed by atoms with van der Waals surface area (Å²) in [5, 5.41) is 6.77. The maximum absolute atomic E-state index is 6.64. The molecule has 0 spiro atoms. The fourth-order valence-corrected chi connectivity index (χ4v) is 3.59. The first-order valence-electron chi connectivity index (χ1n) is 10.2. The summed E-state index contributed by atoms with van der Waals surface area (Å²) < 4.78 is 5.35. The molecule has 0 bridgehead atoms. The van der Waals surface area contributed by atoms with E-state index in [1.807, 2.05) is 42.6 Å². The van der Waals surface area contributed by atoms with Crippen molar-refractivity contribution >= 4 is 12.4 Å². The third kappa shape index (κ3) is 4.69. The van der Waals surface area contributed by atoms with Crippen LogP contribution in [0.5, 0.6) is 5.75 Å². The molecule has 0 amide bonds. The lowest BCUT2D eigenvalue weighted by Crippen LogP contribution is -2.52. The van der Waals surface area contributed by atoms with E-state index in [1.54, 1.807) is 13.3 Å². The minimum Gasteiger partial charge on any atom is -0.497 e. The molecule has 0 saturated heterocycles. The molecule has 2 aliphatic rings. The molecule has 2 heterocycles. The number of methoxy groups -OCH3 is 1. The Kier molecular flexibility index (Phi) is 6.11. The molecule has 2 aromatic rings. The highest BCUT2D eigenvalue weighted by Crippen LogP contribution is 2.28. The SMILES string of the molecule is COc1cccc(-c2cccc(C3(N)N=CC=C(NCCCN4CC=NC4)N3)c2)c1. The third-order valence-corrected chi connectivity index (χ3v) is 5.27. The summed E-state index contributed by atoms with van der Waals surface area (Å²) in [7, 11) is 1.67. The molecule has 7 nitrogen and oxygen atoms in total. The molecule has 4 rings (SSSR count). The lowest BCUT2D eigenvalue weighted by atomic mass is 9.99. The zero-order valence-corrected chi connectivity index (χ0v) is 17.2. The van der Waals surface area contributed by atoms with Crippen LogP contribution < -0.4 is 21.1 Å². The van der Waals surface area contributed by atoms with Crippen molar-refractivity contribution in [2.45, 2.75) is 12.2 Å². The highest BCUT2D eigenvalue weighted by Gasteiger charge is 2.28. The molecule has 1 unspecified atom stereocenters. The van der Waals surface area contributed by atoms with Crippen molar-refractivity contribution in [3.8, 4) is 16.9 Å². The van der Waals surface area contributed by atoms with Crippen LogP contribution in [0, 0.1) is 0 Å². The Balaban J connectivity index is 1.40. The van der Waals surface area contributed by atoms with Gasteiger partial charge in [-0.2, -0.15) is 0 Å². The van der Waals surface area contributed by atoms with Crippen molar-refractivity contribution in [3.63, 3.8) is 0 Å². The fraction of sp³-hybridized carbons (Fsp3) is 0.304. The lowest BCUT2D eigenvalue weighted by molar-refractivity contribution is 0.332. The smallest absolute Gasteiger partial charge is 0.210 e. The number of allylic oxidation sites excluding steroid dienone is 1. The van der Waals surface area contributed by atoms with E-state index in [0.29, 0.717) is 0 Å². The number of rotatable bonds is 8. The number of ether oxygens (including phenoxy) is 1. The van der Waals surface area contributed by atoms with Gasteiger partial charge in [0.15, 0.2) is 0 Å². The molecule has 2 aliphatic heterocycles. The highest BCUT2D eigenvalue weighted by molar-refractivity contribution is 5.74. The molecule has 30 heavy (non-hydrogen) atoms. The predicted octanol–water partition coefficient (Wildman–Crippen LogP) is 2.27. The van der Waals surface area contributed by atoms with Crippen molar-refractivity contribution in [2.75, 3.05) is 33.4 Å². The van der Waals surface area contributed by atoms with Crippen LogP contribution in [0.3, 0.4) is 0 Å². The van der Waals surface area contributed by atoms with Crippen molar-refractivity contribution in [1.82, 2.24) is 15.5 Å². The van der Waals surface area contributed by atoms with Crippen LogP contribution in [-0.2, 0) is 5.79 Å². The number of hydrogen-bond acceptors (Lipinski definition) is 7. The molecule has 0 radical (unpaired) electrons. The van der Waals surface area contributed by atoms with Crippen LogP contribution in [0.15, 0.2) is 70.4 Å². The largest absolute Gasteiger partial charge is 0.497 e. The van der Waals surface area contributed by atoms with Gasteiger partial charge in [-0.05, 0) is 41.8 Å². The zero-order valence-electron chi connectivity index (χ0n) is 17.2. The summed E-state index contributed by atoms with van der Waals surface area (Å²) in [5.41, 5.74) is 9.66. The Morgan fingerprint density at radius 1 is 1.20 bits per heavy atom. The highest BCUT2D eigenvalue weighted by atomic mass is 16.5. The van der Waals surface area contributed by atoms with Gasteiger partial charge >= 0.3 is 0 Å². The van der Waals surface area contributed by atoms with E-state index in [4.69, 9.17) is 10.5 Å². The monoisotopic (exact) mass is 404 g/mol. The molecule has 0 saturated carbocycles. The Hall–Kier alpha value is -3.16. The van der Waals surface area contributed by atoms with Gasteiger partial charge in [-0.1, -0.05) is 30.3 Å². The van der Waals surface area contributed by atoms with E-state index in [-0.39, 0.29) is 0 Å². The van der Waals surface area contributed by atoms with E-state index in [0.717, 1.165) is 61.0 Å². The normalized spacial score (nSPS) is 20.7. The van der Waals surface area contributed by atoms with Gasteiger partial charge in [0.2, 0.25) is 5.79 Å². The van der Waals surface area contributed by atoms with Crippen molar-refractivity contribution < 1.29 is 4.74 Å². The van der Waals surface area contributed by atoms with Crippen LogP contribution in [-0.4, -0.2) is 50.7 Å². The molecule has 2 aromatic carbocycles. The Labute approximate surface area is 177 Å². The van der Waals surface area contributed by atoms with Gasteiger partial charge in [-0.15, -0.1) is 0 Å². The van der Waals surface area contributed by atoms with E-state index >= 15 is 0 Å². The molecule has 0 aliphatic carbocycles. The van der Waals surface area contributed by atoms with E-state index < -0.39 is 5.79 Å². The van der Waals surface area contributed by atoms with Crippen LogP contribution in [0.2, 0.25) is 0 Å². The average molecular weight is 405 g/mol. The van der Waals surface area contributed by atoms with Crippen LogP contribution in [0.4, 0.5) is 0 Å². The summed E-state index contributed by atoms with van der Waals surface area (Å²) in [6.45, 7) is 3.63. The number of hydrogen-bond donors (Lipinski definition) is 3. The summed E-state index contributed by atoms with van der Waals surface area (Å²) in [4.78, 5) is 11.1. The lowest BCUT2D eigenvalue weighted by Gasteiger charge is -2.32. The van der Waals surface area contributed by atoms with E-state index in [9.17, 15) is 0 Å². The van der Waals surface area contributed by atoms with Crippen LogP contribution >= 0.6 is 0 Å². The number of aliphatic imine (C=N–C) groups is 2. The first kappa shape index (κ1) is 20.1.